The van der Waals surface area contributed by atoms with Gasteiger partial charge in [-0.25, -0.2) is 0 Å². The number of benzene rings is 3. The fourth-order valence-corrected chi connectivity index (χ4v) is 4.42. The molecule has 0 bridgehead atoms. The first-order chi connectivity index (χ1) is 16.4. The Labute approximate surface area is 209 Å². The zero-order chi connectivity index (χ0) is 24.5. The van der Waals surface area contributed by atoms with Crippen LogP contribution in [0.25, 0.3) is 0 Å². The molecule has 6 nitrogen and oxygen atoms in total. The predicted octanol–water partition coefficient (Wildman–Crippen LogP) is 6.22. The number of rotatable bonds is 9. The lowest BCUT2D eigenvalue weighted by Gasteiger charge is -2.16. The number of hydrogen-bond acceptors (Lipinski definition) is 5. The second-order valence-corrected chi connectivity index (χ2v) is 9.13. The van der Waals surface area contributed by atoms with Crippen molar-refractivity contribution in [3.8, 4) is 5.75 Å². The summed E-state index contributed by atoms with van der Waals surface area (Å²) in [5.74, 6) is 0.601. The number of thiocarbonyl (C=S) groups is 1. The SMILES string of the molecule is CCC(Sc1cccc(NC(=S)Nc2ccccc2OC)c1)C(=O)Nc1ccc(C(C)=O)cc1. The van der Waals surface area contributed by atoms with Gasteiger partial charge in [0.15, 0.2) is 10.9 Å². The van der Waals surface area contributed by atoms with Crippen molar-refractivity contribution in [1.29, 1.82) is 0 Å². The molecule has 0 heterocycles. The fourth-order valence-electron chi connectivity index (χ4n) is 3.18. The lowest BCUT2D eigenvalue weighted by molar-refractivity contribution is -0.115. The molecule has 3 aromatic rings. The summed E-state index contributed by atoms with van der Waals surface area (Å²) < 4.78 is 5.35. The first kappa shape index (κ1) is 25.3. The van der Waals surface area contributed by atoms with Crippen molar-refractivity contribution >= 4 is 57.8 Å². The number of hydrogen-bond donors (Lipinski definition) is 3. The third-order valence-corrected chi connectivity index (χ3v) is 6.51. The normalized spacial score (nSPS) is 11.3. The molecule has 0 aliphatic heterocycles. The number of carbonyl (C=O) groups excluding carboxylic acids is 2. The topological polar surface area (TPSA) is 79.5 Å². The summed E-state index contributed by atoms with van der Waals surface area (Å²) in [6, 6.07) is 22.2. The molecule has 1 unspecified atom stereocenters. The second-order valence-electron chi connectivity index (χ2n) is 7.44. The molecule has 0 aromatic heterocycles. The monoisotopic (exact) mass is 493 g/mol. The summed E-state index contributed by atoms with van der Waals surface area (Å²) in [6.07, 6.45) is 0.660. The van der Waals surface area contributed by atoms with Gasteiger partial charge in [-0.3, -0.25) is 9.59 Å². The summed E-state index contributed by atoms with van der Waals surface area (Å²) >= 11 is 6.93. The largest absolute Gasteiger partial charge is 0.495 e. The Balaban J connectivity index is 1.61. The Morgan fingerprint density at radius 3 is 2.35 bits per heavy atom. The van der Waals surface area contributed by atoms with Crippen LogP contribution in [0.2, 0.25) is 0 Å². The lowest BCUT2D eigenvalue weighted by Crippen LogP contribution is -2.24. The van der Waals surface area contributed by atoms with Gasteiger partial charge in [-0.1, -0.05) is 25.1 Å². The Kier molecular flexibility index (Phi) is 9.07. The minimum absolute atomic E-state index is 0.00838. The molecular weight excluding hydrogens is 466 g/mol. The zero-order valence-corrected chi connectivity index (χ0v) is 20.9. The van der Waals surface area contributed by atoms with Crippen LogP contribution in [0.3, 0.4) is 0 Å². The standard InChI is InChI=1S/C26H27N3O3S2/c1-4-24(25(31)27-19-14-12-18(13-15-19)17(2)30)34-21-9-7-8-20(16-21)28-26(33)29-22-10-5-6-11-23(22)32-3/h5-16,24H,4H2,1-3H3,(H,27,31)(H2,28,29,33). The van der Waals surface area contributed by atoms with E-state index in [1.165, 1.54) is 18.7 Å². The molecular formula is C26H27N3O3S2. The van der Waals surface area contributed by atoms with Crippen molar-refractivity contribution in [3.05, 3.63) is 78.4 Å². The molecule has 0 spiro atoms. The van der Waals surface area contributed by atoms with E-state index in [0.29, 0.717) is 28.5 Å². The Morgan fingerprint density at radius 2 is 1.68 bits per heavy atom. The van der Waals surface area contributed by atoms with Gasteiger partial charge in [0.1, 0.15) is 5.75 Å². The number of ketones is 1. The molecule has 176 valence electrons. The molecule has 0 fully saturated rings. The molecule has 3 aromatic carbocycles. The Hall–Kier alpha value is -3.36. The minimum atomic E-state index is -0.276. The van der Waals surface area contributed by atoms with Crippen LogP contribution in [0.5, 0.6) is 5.75 Å². The minimum Gasteiger partial charge on any atom is -0.495 e. The van der Waals surface area contributed by atoms with E-state index in [-0.39, 0.29) is 16.9 Å². The fraction of sp³-hybridized carbons (Fsp3) is 0.192. The Bertz CT molecular complexity index is 1170. The van der Waals surface area contributed by atoms with Crippen LogP contribution in [0.15, 0.2) is 77.7 Å². The van der Waals surface area contributed by atoms with Gasteiger partial charge in [-0.2, -0.15) is 0 Å². The highest BCUT2D eigenvalue weighted by molar-refractivity contribution is 8.00. The van der Waals surface area contributed by atoms with E-state index in [9.17, 15) is 9.59 Å². The van der Waals surface area contributed by atoms with Crippen LogP contribution in [0.1, 0.15) is 30.6 Å². The van der Waals surface area contributed by atoms with Gasteiger partial charge in [0.25, 0.3) is 0 Å². The number of thioether (sulfide) groups is 1. The maximum absolute atomic E-state index is 12.8. The molecule has 1 atom stereocenters. The highest BCUT2D eigenvalue weighted by Gasteiger charge is 2.18. The molecule has 0 aliphatic carbocycles. The van der Waals surface area contributed by atoms with E-state index < -0.39 is 0 Å². The van der Waals surface area contributed by atoms with Crippen molar-refractivity contribution in [2.45, 2.75) is 30.4 Å². The first-order valence-corrected chi connectivity index (χ1v) is 12.1. The number of nitrogens with one attached hydrogen (secondary N) is 3. The first-order valence-electron chi connectivity index (χ1n) is 10.8. The van der Waals surface area contributed by atoms with Gasteiger partial charge in [0.2, 0.25) is 5.91 Å². The number of anilines is 3. The Morgan fingerprint density at radius 1 is 0.941 bits per heavy atom. The predicted molar refractivity (Wildman–Crippen MR) is 144 cm³/mol. The molecule has 0 radical (unpaired) electrons. The van der Waals surface area contributed by atoms with Gasteiger partial charge in [0.05, 0.1) is 18.0 Å². The third kappa shape index (κ3) is 7.07. The van der Waals surface area contributed by atoms with Gasteiger partial charge in [0, 0.05) is 21.8 Å². The van der Waals surface area contributed by atoms with Gasteiger partial charge in [-0.15, -0.1) is 11.8 Å². The second kappa shape index (κ2) is 12.2. The number of ether oxygens (including phenoxy) is 1. The van der Waals surface area contributed by atoms with Crippen LogP contribution in [0.4, 0.5) is 17.1 Å². The molecule has 0 saturated carbocycles. The molecule has 0 saturated heterocycles. The van der Waals surface area contributed by atoms with E-state index in [2.05, 4.69) is 16.0 Å². The summed E-state index contributed by atoms with van der Waals surface area (Å²) in [4.78, 5) is 25.2. The number of methoxy groups -OCH3 is 1. The summed E-state index contributed by atoms with van der Waals surface area (Å²) in [5, 5.41) is 9.42. The van der Waals surface area contributed by atoms with Crippen LogP contribution >= 0.6 is 24.0 Å². The van der Waals surface area contributed by atoms with Crippen LogP contribution in [-0.2, 0) is 4.79 Å². The third-order valence-electron chi connectivity index (χ3n) is 4.95. The van der Waals surface area contributed by atoms with Crippen LogP contribution in [-0.4, -0.2) is 29.2 Å². The van der Waals surface area contributed by atoms with Crippen molar-refractivity contribution in [1.82, 2.24) is 0 Å². The van der Waals surface area contributed by atoms with Crippen molar-refractivity contribution in [2.24, 2.45) is 0 Å². The quantitative estimate of drug-likeness (QED) is 0.186. The molecule has 34 heavy (non-hydrogen) atoms. The van der Waals surface area contributed by atoms with Gasteiger partial charge >= 0.3 is 0 Å². The molecule has 1 amide bonds. The van der Waals surface area contributed by atoms with Gasteiger partial charge in [-0.05, 0) is 80.2 Å². The van der Waals surface area contributed by atoms with E-state index >= 15 is 0 Å². The zero-order valence-electron chi connectivity index (χ0n) is 19.3. The molecule has 3 N–H and O–H groups in total. The molecule has 3 rings (SSSR count). The average molecular weight is 494 g/mol. The maximum Gasteiger partial charge on any atom is 0.237 e. The number of para-hydroxylation sites is 2. The summed E-state index contributed by atoms with van der Waals surface area (Å²) in [5.41, 5.74) is 2.86. The van der Waals surface area contributed by atoms with E-state index in [4.69, 9.17) is 17.0 Å². The average Bonchev–Trinajstić information content (AvgIpc) is 2.83. The molecule has 0 aliphatic rings. The van der Waals surface area contributed by atoms with Gasteiger partial charge < -0.3 is 20.7 Å². The highest BCUT2D eigenvalue weighted by atomic mass is 32.2. The van der Waals surface area contributed by atoms with E-state index in [0.717, 1.165) is 16.3 Å². The summed E-state index contributed by atoms with van der Waals surface area (Å²) in [6.45, 7) is 3.49. The lowest BCUT2D eigenvalue weighted by atomic mass is 10.1. The van der Waals surface area contributed by atoms with Crippen LogP contribution in [0, 0.1) is 0 Å². The van der Waals surface area contributed by atoms with E-state index in [1.54, 1.807) is 31.4 Å². The smallest absolute Gasteiger partial charge is 0.237 e. The number of amides is 1. The number of carbonyl (C=O) groups is 2. The van der Waals surface area contributed by atoms with Crippen molar-refractivity contribution < 1.29 is 14.3 Å². The molecule has 8 heteroatoms. The van der Waals surface area contributed by atoms with Crippen molar-refractivity contribution in [2.75, 3.05) is 23.1 Å². The number of Topliss-reactive ketones (excluding diaryl/α,β-unsaturated/α-hetero) is 1. The van der Waals surface area contributed by atoms with E-state index in [1.807, 2.05) is 55.5 Å². The van der Waals surface area contributed by atoms with Crippen molar-refractivity contribution in [3.63, 3.8) is 0 Å². The summed E-state index contributed by atoms with van der Waals surface area (Å²) in [7, 11) is 1.61. The highest BCUT2D eigenvalue weighted by Crippen LogP contribution is 2.29. The van der Waals surface area contributed by atoms with Crippen LogP contribution < -0.4 is 20.7 Å². The maximum atomic E-state index is 12.8.